The monoisotopic (exact) mass is 481 g/mol. The van der Waals surface area contributed by atoms with E-state index in [1.54, 1.807) is 12.4 Å². The van der Waals surface area contributed by atoms with E-state index in [0.29, 0.717) is 11.7 Å². The summed E-state index contributed by atoms with van der Waals surface area (Å²) >= 11 is 0. The molecule has 1 saturated carbocycles. The van der Waals surface area contributed by atoms with Crippen molar-refractivity contribution in [3.8, 4) is 22.6 Å². The molecule has 9 heteroatoms. The maximum absolute atomic E-state index is 8.78. The third-order valence-corrected chi connectivity index (χ3v) is 6.47. The van der Waals surface area contributed by atoms with Gasteiger partial charge in [-0.15, -0.1) is 0 Å². The standard InChI is InChI=1S/C26H24N6.CH3NO2/c27-25-24-23(31-26(32(24)15-14-29-25)18-6-2-1-3-7-18)19-10-9-17-11-12-21(30-22(17)16-19)20-8-4-5-13-28-20;2-1(3)4/h4-5,8-16,18H,1-3,6-7H2,(H2,27,29);2H2,(H,3,4). The van der Waals surface area contributed by atoms with Gasteiger partial charge in [0.1, 0.15) is 22.9 Å². The van der Waals surface area contributed by atoms with Crippen LogP contribution in [0.2, 0.25) is 0 Å². The second kappa shape index (κ2) is 9.99. The number of amides is 1. The molecule has 1 aromatic carbocycles. The molecule has 4 aromatic heterocycles. The van der Waals surface area contributed by atoms with Crippen molar-refractivity contribution >= 4 is 28.3 Å². The molecule has 0 atom stereocenters. The van der Waals surface area contributed by atoms with Gasteiger partial charge in [0.2, 0.25) is 0 Å². The van der Waals surface area contributed by atoms with Gasteiger partial charge in [0.25, 0.3) is 0 Å². The normalized spacial score (nSPS) is 13.9. The first-order chi connectivity index (χ1) is 17.5. The molecule has 5 aromatic rings. The number of nitrogens with zero attached hydrogens (tertiary/aromatic N) is 5. The summed E-state index contributed by atoms with van der Waals surface area (Å²) in [6.45, 7) is 0. The second-order valence-electron chi connectivity index (χ2n) is 8.84. The van der Waals surface area contributed by atoms with E-state index >= 15 is 0 Å². The van der Waals surface area contributed by atoms with Gasteiger partial charge in [-0.25, -0.2) is 19.7 Å². The number of anilines is 1. The summed E-state index contributed by atoms with van der Waals surface area (Å²) in [5, 5.41) is 8.27. The Morgan fingerprint density at radius 2 is 1.72 bits per heavy atom. The highest BCUT2D eigenvalue weighted by Crippen LogP contribution is 2.37. The SMILES string of the molecule is NC(=O)O.Nc1nccn2c(C3CCCCC3)nc(-c3ccc4ccc(-c5ccccn5)nc4c3)c12. The quantitative estimate of drug-likeness (QED) is 0.319. The van der Waals surface area contributed by atoms with Crippen LogP contribution in [-0.2, 0) is 0 Å². The first kappa shape index (κ1) is 23.2. The fourth-order valence-electron chi connectivity index (χ4n) is 4.86. The maximum atomic E-state index is 8.78. The largest absolute Gasteiger partial charge is 0.465 e. The lowest BCUT2D eigenvalue weighted by Gasteiger charge is -2.20. The van der Waals surface area contributed by atoms with Gasteiger partial charge in [-0.3, -0.25) is 9.38 Å². The van der Waals surface area contributed by atoms with E-state index in [1.165, 1.54) is 32.1 Å². The number of rotatable bonds is 3. The molecule has 5 N–H and O–H groups in total. The van der Waals surface area contributed by atoms with Crippen LogP contribution in [0, 0.1) is 0 Å². The number of fused-ring (bicyclic) bond motifs is 2. The lowest BCUT2D eigenvalue weighted by Crippen LogP contribution is -2.09. The first-order valence-corrected chi connectivity index (χ1v) is 11.9. The van der Waals surface area contributed by atoms with Crippen LogP contribution in [-0.4, -0.2) is 35.5 Å². The Morgan fingerprint density at radius 3 is 2.47 bits per heavy atom. The average Bonchev–Trinajstić information content (AvgIpc) is 3.30. The molecule has 1 amide bonds. The van der Waals surface area contributed by atoms with E-state index in [9.17, 15) is 0 Å². The summed E-state index contributed by atoms with van der Waals surface area (Å²) < 4.78 is 2.15. The Hall–Kier alpha value is -4.53. The predicted octanol–water partition coefficient (Wildman–Crippen LogP) is 5.26. The Morgan fingerprint density at radius 1 is 0.944 bits per heavy atom. The molecule has 9 nitrogen and oxygen atoms in total. The molecule has 182 valence electrons. The molecular weight excluding hydrogens is 454 g/mol. The van der Waals surface area contributed by atoms with Gasteiger partial charge < -0.3 is 16.6 Å². The number of primary amides is 1. The van der Waals surface area contributed by atoms with Crippen LogP contribution in [0.5, 0.6) is 0 Å². The van der Waals surface area contributed by atoms with Crippen LogP contribution in [0.15, 0.2) is 67.1 Å². The number of nitrogens with two attached hydrogens (primary N) is 2. The molecule has 0 spiro atoms. The highest BCUT2D eigenvalue weighted by atomic mass is 16.4. The number of nitrogen functional groups attached to an aromatic ring is 1. The zero-order valence-electron chi connectivity index (χ0n) is 19.7. The molecule has 0 unspecified atom stereocenters. The van der Waals surface area contributed by atoms with Crippen molar-refractivity contribution in [3.63, 3.8) is 0 Å². The number of aromatic nitrogens is 5. The van der Waals surface area contributed by atoms with E-state index in [-0.39, 0.29) is 0 Å². The summed E-state index contributed by atoms with van der Waals surface area (Å²) in [7, 11) is 0. The van der Waals surface area contributed by atoms with E-state index in [4.69, 9.17) is 25.6 Å². The Kier molecular flexibility index (Phi) is 6.44. The van der Waals surface area contributed by atoms with Crippen molar-refractivity contribution in [3.05, 3.63) is 72.9 Å². The van der Waals surface area contributed by atoms with Gasteiger partial charge in [-0.2, -0.15) is 0 Å². The van der Waals surface area contributed by atoms with Crippen molar-refractivity contribution < 1.29 is 9.90 Å². The van der Waals surface area contributed by atoms with Crippen LogP contribution >= 0.6 is 0 Å². The lowest BCUT2D eigenvalue weighted by atomic mass is 9.89. The zero-order valence-corrected chi connectivity index (χ0v) is 19.7. The van der Waals surface area contributed by atoms with Gasteiger partial charge in [0, 0.05) is 35.5 Å². The minimum atomic E-state index is -1.33. The Labute approximate surface area is 207 Å². The third-order valence-electron chi connectivity index (χ3n) is 6.47. The van der Waals surface area contributed by atoms with Crippen LogP contribution in [0.1, 0.15) is 43.8 Å². The molecule has 0 bridgehead atoms. The third kappa shape index (κ3) is 4.68. The van der Waals surface area contributed by atoms with Crippen LogP contribution < -0.4 is 11.5 Å². The van der Waals surface area contributed by atoms with Crippen molar-refractivity contribution in [1.29, 1.82) is 0 Å². The summed E-state index contributed by atoms with van der Waals surface area (Å²) in [4.78, 5) is 27.6. The van der Waals surface area contributed by atoms with E-state index in [0.717, 1.165) is 44.9 Å². The smallest absolute Gasteiger partial charge is 0.402 e. The number of carboxylic acid groups (broad SMARTS) is 1. The number of pyridine rings is 2. The summed E-state index contributed by atoms with van der Waals surface area (Å²) in [5.74, 6) is 2.06. The Balaban J connectivity index is 0.000000623. The minimum absolute atomic E-state index is 0.459. The molecule has 0 radical (unpaired) electrons. The van der Waals surface area contributed by atoms with Crippen molar-refractivity contribution in [2.24, 2.45) is 5.73 Å². The number of benzene rings is 1. The molecule has 1 aliphatic carbocycles. The molecule has 4 heterocycles. The molecule has 0 saturated heterocycles. The van der Waals surface area contributed by atoms with E-state index < -0.39 is 6.09 Å². The van der Waals surface area contributed by atoms with Crippen molar-refractivity contribution in [2.45, 2.75) is 38.0 Å². The molecular formula is C27H27N7O2. The second-order valence-corrected chi connectivity index (χ2v) is 8.84. The van der Waals surface area contributed by atoms with Crippen LogP contribution in [0.3, 0.4) is 0 Å². The summed E-state index contributed by atoms with van der Waals surface area (Å²) in [6.07, 6.45) is 10.4. The molecule has 0 aliphatic heterocycles. The van der Waals surface area contributed by atoms with Gasteiger partial charge in [-0.05, 0) is 37.1 Å². The number of imidazole rings is 1. The van der Waals surface area contributed by atoms with Gasteiger partial charge in [-0.1, -0.05) is 43.5 Å². The van der Waals surface area contributed by atoms with Crippen molar-refractivity contribution in [2.75, 3.05) is 5.73 Å². The summed E-state index contributed by atoms with van der Waals surface area (Å²) in [5.41, 5.74) is 15.8. The van der Waals surface area contributed by atoms with Crippen LogP contribution in [0.25, 0.3) is 39.1 Å². The van der Waals surface area contributed by atoms with Crippen molar-refractivity contribution in [1.82, 2.24) is 24.3 Å². The fraction of sp³-hybridized carbons (Fsp3) is 0.222. The Bertz CT molecular complexity index is 1520. The van der Waals surface area contributed by atoms with Gasteiger partial charge >= 0.3 is 6.09 Å². The average molecular weight is 482 g/mol. The fourth-order valence-corrected chi connectivity index (χ4v) is 4.86. The van der Waals surface area contributed by atoms with Crippen LogP contribution in [0.4, 0.5) is 10.6 Å². The molecule has 1 fully saturated rings. The molecule has 1 aliphatic rings. The highest BCUT2D eigenvalue weighted by Gasteiger charge is 2.24. The minimum Gasteiger partial charge on any atom is -0.465 e. The summed E-state index contributed by atoms with van der Waals surface area (Å²) in [6, 6.07) is 16.3. The predicted molar refractivity (Wildman–Crippen MR) is 139 cm³/mol. The maximum Gasteiger partial charge on any atom is 0.402 e. The molecule has 6 rings (SSSR count). The first-order valence-electron chi connectivity index (χ1n) is 11.9. The number of hydrogen-bond donors (Lipinski definition) is 3. The van der Waals surface area contributed by atoms with Gasteiger partial charge in [0.15, 0.2) is 0 Å². The number of carbonyl (C=O) groups is 1. The topological polar surface area (TPSA) is 145 Å². The van der Waals surface area contributed by atoms with Gasteiger partial charge in [0.05, 0.1) is 16.9 Å². The number of hydrogen-bond acceptors (Lipinski definition) is 6. The van der Waals surface area contributed by atoms with E-state index in [1.807, 2.05) is 30.5 Å². The highest BCUT2D eigenvalue weighted by molar-refractivity contribution is 5.91. The van der Waals surface area contributed by atoms with E-state index in [2.05, 4.69) is 44.4 Å². The zero-order chi connectivity index (χ0) is 25.1. The lowest BCUT2D eigenvalue weighted by molar-refractivity contribution is 0.205. The molecule has 36 heavy (non-hydrogen) atoms.